The first-order valence-corrected chi connectivity index (χ1v) is 16.6. The van der Waals surface area contributed by atoms with Crippen LogP contribution in [0.15, 0.2) is 89.8 Å². The number of anilines is 2. The zero-order valence-electron chi connectivity index (χ0n) is 27.7. The molecular formula is C35H37ClN2O10S. The normalized spacial score (nSPS) is 10.2. The fourth-order valence-corrected chi connectivity index (χ4v) is 4.70. The molecule has 0 aliphatic carbocycles. The lowest BCUT2D eigenvalue weighted by Gasteiger charge is -2.10. The molecule has 0 spiro atoms. The van der Waals surface area contributed by atoms with Gasteiger partial charge in [0.1, 0.15) is 0 Å². The fraction of sp³-hybridized carbons (Fsp3) is 0.200. The van der Waals surface area contributed by atoms with Crippen molar-refractivity contribution in [3.8, 4) is 0 Å². The van der Waals surface area contributed by atoms with Crippen LogP contribution in [-0.4, -0.2) is 60.7 Å². The minimum Gasteiger partial charge on any atom is -0.465 e. The quantitative estimate of drug-likeness (QED) is 0.0952. The molecule has 0 fully saturated rings. The monoisotopic (exact) mass is 712 g/mol. The van der Waals surface area contributed by atoms with Crippen molar-refractivity contribution in [2.45, 2.75) is 25.3 Å². The number of hydrogen-bond acceptors (Lipinski definition) is 12. The van der Waals surface area contributed by atoms with Crippen molar-refractivity contribution in [3.05, 3.63) is 124 Å². The number of rotatable bonds is 8. The van der Waals surface area contributed by atoms with E-state index in [1.807, 2.05) is 38.1 Å². The van der Waals surface area contributed by atoms with Gasteiger partial charge in [-0.15, -0.1) is 0 Å². The number of carbonyl (C=O) groups is 4. The van der Waals surface area contributed by atoms with Crippen molar-refractivity contribution in [2.75, 3.05) is 39.5 Å². The van der Waals surface area contributed by atoms with Crippen molar-refractivity contribution in [3.63, 3.8) is 0 Å². The first-order valence-electron chi connectivity index (χ1n) is 14.3. The summed E-state index contributed by atoms with van der Waals surface area (Å²) in [7, 11) is 6.64. The summed E-state index contributed by atoms with van der Waals surface area (Å²) in [5.74, 6) is -2.11. The Bertz CT molecular complexity index is 1810. The second-order valence-electron chi connectivity index (χ2n) is 10.2. The van der Waals surface area contributed by atoms with E-state index in [1.165, 1.54) is 70.4 Å². The molecule has 14 heteroatoms. The van der Waals surface area contributed by atoms with E-state index in [2.05, 4.69) is 14.8 Å². The third-order valence-electron chi connectivity index (χ3n) is 6.49. The Morgan fingerprint density at radius 3 is 1.31 bits per heavy atom. The number of carbonyl (C=O) groups excluding carboxylic acids is 4. The first-order chi connectivity index (χ1) is 23.1. The van der Waals surface area contributed by atoms with Crippen LogP contribution in [-0.2, 0) is 34.5 Å². The molecule has 0 aromatic heterocycles. The molecule has 12 nitrogen and oxygen atoms in total. The molecule has 0 aliphatic rings. The number of methoxy groups -OCH3 is 4. The van der Waals surface area contributed by atoms with E-state index >= 15 is 0 Å². The lowest BCUT2D eigenvalue weighted by Crippen LogP contribution is -2.09. The Balaban J connectivity index is 0.000000276. The van der Waals surface area contributed by atoms with Crippen LogP contribution in [0.5, 0.6) is 0 Å². The number of aryl methyl sites for hydroxylation is 2. The van der Waals surface area contributed by atoms with Gasteiger partial charge in [0.05, 0.1) is 55.6 Å². The van der Waals surface area contributed by atoms with E-state index in [1.54, 1.807) is 24.3 Å². The molecule has 0 heterocycles. The van der Waals surface area contributed by atoms with Crippen LogP contribution in [0, 0.1) is 13.8 Å². The molecule has 4 rings (SSSR count). The maximum atomic E-state index is 11.7. The predicted octanol–water partition coefficient (Wildman–Crippen LogP) is 5.94. The number of halogens is 1. The van der Waals surface area contributed by atoms with Crippen LogP contribution in [0.2, 0.25) is 0 Å². The maximum absolute atomic E-state index is 11.7. The van der Waals surface area contributed by atoms with Crippen molar-refractivity contribution in [1.82, 2.24) is 0 Å². The average molecular weight is 713 g/mol. The van der Waals surface area contributed by atoms with Gasteiger partial charge < -0.3 is 30.0 Å². The van der Waals surface area contributed by atoms with Gasteiger partial charge in [-0.2, -0.15) is 0 Å². The van der Waals surface area contributed by atoms with Crippen LogP contribution >= 0.6 is 10.7 Å². The van der Waals surface area contributed by atoms with E-state index in [0.717, 1.165) is 11.1 Å². The molecule has 0 unspecified atom stereocenters. The van der Waals surface area contributed by atoms with Gasteiger partial charge in [0.2, 0.25) is 0 Å². The highest BCUT2D eigenvalue weighted by Crippen LogP contribution is 2.19. The molecule has 0 aliphatic heterocycles. The van der Waals surface area contributed by atoms with Gasteiger partial charge in [-0.05, 0) is 67.9 Å². The zero-order valence-corrected chi connectivity index (χ0v) is 29.3. The predicted molar refractivity (Wildman–Crippen MR) is 185 cm³/mol. The highest BCUT2D eigenvalue weighted by atomic mass is 35.7. The van der Waals surface area contributed by atoms with Crippen LogP contribution in [0.25, 0.3) is 0 Å². The SMILES string of the molecule is COC(=O)c1cc(N)cc(C(=O)OC)c1.COC(=O)c1cc(NCc2ccc(C)cc2)cc(C(=O)OC)c1.Cc1ccc(S(=O)(=O)Cl)cc1. The van der Waals surface area contributed by atoms with Gasteiger partial charge in [-0.25, -0.2) is 27.6 Å². The lowest BCUT2D eigenvalue weighted by molar-refractivity contribution is 0.0581. The number of esters is 4. The summed E-state index contributed by atoms with van der Waals surface area (Å²) in [6, 6.07) is 23.4. The van der Waals surface area contributed by atoms with Gasteiger partial charge in [0.15, 0.2) is 0 Å². The standard InChI is InChI=1S/C18H19NO4.C10H11NO4.C7H7ClO2S/c1-12-4-6-13(7-5-12)11-19-16-9-14(17(20)22-2)8-15(10-16)18(21)23-3;1-14-9(12)6-3-7(10(13)15-2)5-8(11)4-6;1-6-2-4-7(5-3-6)11(8,9)10/h4-10,19H,11H2,1-3H3;3-5H,11H2,1-2H3;2-5H,1H3. The summed E-state index contributed by atoms with van der Waals surface area (Å²) in [5.41, 5.74) is 10.8. The molecule has 0 amide bonds. The minimum atomic E-state index is -3.55. The zero-order chi connectivity index (χ0) is 36.7. The Kier molecular flexibility index (Phi) is 15.3. The van der Waals surface area contributed by atoms with Gasteiger partial charge >= 0.3 is 23.9 Å². The van der Waals surface area contributed by atoms with E-state index in [-0.39, 0.29) is 16.0 Å². The summed E-state index contributed by atoms with van der Waals surface area (Å²) >= 11 is 0. The molecule has 0 saturated heterocycles. The number of nitrogen functional groups attached to an aromatic ring is 1. The highest BCUT2D eigenvalue weighted by Gasteiger charge is 2.14. The Hall–Kier alpha value is -5.40. The molecule has 4 aromatic carbocycles. The Labute approximate surface area is 289 Å². The highest BCUT2D eigenvalue weighted by molar-refractivity contribution is 8.13. The molecule has 0 bridgehead atoms. The second kappa shape index (κ2) is 18.8. The van der Waals surface area contributed by atoms with Gasteiger partial charge in [0, 0.05) is 28.6 Å². The van der Waals surface area contributed by atoms with Gasteiger partial charge in [0.25, 0.3) is 9.05 Å². The molecule has 0 radical (unpaired) electrons. The van der Waals surface area contributed by atoms with Crippen LogP contribution in [0.1, 0.15) is 58.1 Å². The summed E-state index contributed by atoms with van der Waals surface area (Å²) < 4.78 is 39.9. The largest absolute Gasteiger partial charge is 0.465 e. The summed E-state index contributed by atoms with van der Waals surface area (Å²) in [5, 5.41) is 3.20. The number of nitrogens with one attached hydrogen (secondary N) is 1. The summed E-state index contributed by atoms with van der Waals surface area (Å²) in [6.45, 7) is 4.48. The van der Waals surface area contributed by atoms with Crippen molar-refractivity contribution < 1.29 is 46.5 Å². The molecule has 4 aromatic rings. The third kappa shape index (κ3) is 13.0. The maximum Gasteiger partial charge on any atom is 0.337 e. The van der Waals surface area contributed by atoms with Crippen molar-refractivity contribution in [1.29, 1.82) is 0 Å². The Morgan fingerprint density at radius 1 is 0.612 bits per heavy atom. The lowest BCUT2D eigenvalue weighted by atomic mass is 10.1. The van der Waals surface area contributed by atoms with Crippen LogP contribution < -0.4 is 11.1 Å². The molecule has 49 heavy (non-hydrogen) atoms. The van der Waals surface area contributed by atoms with E-state index in [0.29, 0.717) is 29.0 Å². The van der Waals surface area contributed by atoms with Gasteiger partial charge in [-0.3, -0.25) is 0 Å². The fourth-order valence-electron chi connectivity index (χ4n) is 3.93. The summed E-state index contributed by atoms with van der Waals surface area (Å²) in [6.07, 6.45) is 0. The molecule has 260 valence electrons. The average Bonchev–Trinajstić information content (AvgIpc) is 3.09. The summed E-state index contributed by atoms with van der Waals surface area (Å²) in [4.78, 5) is 46.0. The van der Waals surface area contributed by atoms with Crippen LogP contribution in [0.3, 0.4) is 0 Å². The van der Waals surface area contributed by atoms with Crippen molar-refractivity contribution in [2.24, 2.45) is 0 Å². The van der Waals surface area contributed by atoms with E-state index in [9.17, 15) is 27.6 Å². The van der Waals surface area contributed by atoms with Gasteiger partial charge in [-0.1, -0.05) is 47.5 Å². The number of nitrogens with two attached hydrogens (primary N) is 1. The smallest absolute Gasteiger partial charge is 0.337 e. The third-order valence-corrected chi connectivity index (χ3v) is 7.86. The molecule has 0 saturated carbocycles. The number of ether oxygens (including phenoxy) is 4. The van der Waals surface area contributed by atoms with Crippen molar-refractivity contribution >= 4 is 55.0 Å². The number of benzene rings is 4. The molecule has 3 N–H and O–H groups in total. The Morgan fingerprint density at radius 2 is 0.959 bits per heavy atom. The molecular weight excluding hydrogens is 676 g/mol. The van der Waals surface area contributed by atoms with E-state index < -0.39 is 32.9 Å². The number of hydrogen-bond donors (Lipinski definition) is 2. The first kappa shape index (κ1) is 39.8. The van der Waals surface area contributed by atoms with E-state index in [4.69, 9.17) is 25.9 Å². The second-order valence-corrected chi connectivity index (χ2v) is 12.8. The topological polar surface area (TPSA) is 177 Å². The van der Waals surface area contributed by atoms with Crippen LogP contribution in [0.4, 0.5) is 11.4 Å². The molecule has 0 atom stereocenters. The minimum absolute atomic E-state index is 0.143.